The van der Waals surface area contributed by atoms with E-state index in [2.05, 4.69) is 61.9 Å². The van der Waals surface area contributed by atoms with Gasteiger partial charge in [-0.15, -0.1) is 5.10 Å². The third-order valence-electron chi connectivity index (χ3n) is 4.90. The average Bonchev–Trinajstić information content (AvgIpc) is 3.13. The second-order valence-corrected chi connectivity index (χ2v) is 10.1. The third kappa shape index (κ3) is 4.23. The van der Waals surface area contributed by atoms with Crippen LogP contribution in [0.15, 0.2) is 23.3 Å². The van der Waals surface area contributed by atoms with Gasteiger partial charge in [0.25, 0.3) is 5.95 Å². The predicted molar refractivity (Wildman–Crippen MR) is 123 cm³/mol. The second kappa shape index (κ2) is 7.50. The van der Waals surface area contributed by atoms with Gasteiger partial charge in [0.15, 0.2) is 0 Å². The molecule has 3 aromatic rings. The van der Waals surface area contributed by atoms with Gasteiger partial charge in [-0.1, -0.05) is 41.5 Å². The Labute approximate surface area is 182 Å². The first kappa shape index (κ1) is 22.0. The molecule has 8 heteroatoms. The lowest BCUT2D eigenvalue weighted by molar-refractivity contribution is 0.423. The topological polar surface area (TPSA) is 84.0 Å². The molecule has 30 heavy (non-hydrogen) atoms. The van der Waals surface area contributed by atoms with Gasteiger partial charge in [-0.25, -0.2) is 9.78 Å². The summed E-state index contributed by atoms with van der Waals surface area (Å²) in [7, 11) is 0. The maximum Gasteiger partial charge on any atom is 0.271 e. The van der Waals surface area contributed by atoms with Gasteiger partial charge in [-0.3, -0.25) is 0 Å². The zero-order chi connectivity index (χ0) is 22.4. The molecule has 0 fully saturated rings. The van der Waals surface area contributed by atoms with E-state index in [1.165, 1.54) is 0 Å². The van der Waals surface area contributed by atoms with Gasteiger partial charge >= 0.3 is 0 Å². The van der Waals surface area contributed by atoms with Crippen molar-refractivity contribution in [3.8, 4) is 11.7 Å². The summed E-state index contributed by atoms with van der Waals surface area (Å²) in [5.41, 5.74) is 4.04. The van der Waals surface area contributed by atoms with Gasteiger partial charge < -0.3 is 5.11 Å². The molecule has 2 heterocycles. The van der Waals surface area contributed by atoms with Gasteiger partial charge in [0.2, 0.25) is 4.77 Å². The summed E-state index contributed by atoms with van der Waals surface area (Å²) in [6.07, 6.45) is 1.74. The van der Waals surface area contributed by atoms with E-state index in [1.807, 2.05) is 32.0 Å². The highest BCUT2D eigenvalue weighted by Gasteiger charge is 2.26. The number of aryl methyl sites for hydroxylation is 2. The summed E-state index contributed by atoms with van der Waals surface area (Å²) in [6.45, 7) is 16.4. The van der Waals surface area contributed by atoms with Crippen LogP contribution in [0, 0.1) is 18.6 Å². The van der Waals surface area contributed by atoms with Crippen LogP contribution in [-0.4, -0.2) is 36.0 Å². The molecule has 0 spiro atoms. The molecule has 0 bridgehead atoms. The molecule has 0 radical (unpaired) electrons. The fourth-order valence-electron chi connectivity index (χ4n) is 3.36. The van der Waals surface area contributed by atoms with Crippen LogP contribution >= 0.6 is 12.2 Å². The Bertz CT molecular complexity index is 1130. The summed E-state index contributed by atoms with van der Waals surface area (Å²) in [4.78, 5) is 0. The Morgan fingerprint density at radius 3 is 2.07 bits per heavy atom. The fraction of sp³-hybridized carbons (Fsp3) is 0.455. The molecule has 3 rings (SSSR count). The van der Waals surface area contributed by atoms with Crippen LogP contribution in [0.3, 0.4) is 0 Å². The molecule has 0 unspecified atom stereocenters. The Kier molecular flexibility index (Phi) is 5.49. The van der Waals surface area contributed by atoms with Crippen molar-refractivity contribution < 1.29 is 5.11 Å². The number of aromatic nitrogens is 5. The normalized spacial score (nSPS) is 12.8. The van der Waals surface area contributed by atoms with E-state index in [1.54, 1.807) is 15.6 Å². The van der Waals surface area contributed by atoms with Crippen molar-refractivity contribution in [2.24, 2.45) is 5.10 Å². The van der Waals surface area contributed by atoms with Crippen molar-refractivity contribution in [1.82, 2.24) is 24.7 Å². The first-order valence-electron chi connectivity index (χ1n) is 9.92. The largest absolute Gasteiger partial charge is 0.507 e. The van der Waals surface area contributed by atoms with E-state index in [0.29, 0.717) is 16.5 Å². The summed E-state index contributed by atoms with van der Waals surface area (Å²) < 4.78 is 3.63. The van der Waals surface area contributed by atoms with Crippen LogP contribution < -0.4 is 0 Å². The first-order chi connectivity index (χ1) is 13.8. The quantitative estimate of drug-likeness (QED) is 0.460. The van der Waals surface area contributed by atoms with E-state index in [-0.39, 0.29) is 10.8 Å². The van der Waals surface area contributed by atoms with E-state index in [9.17, 15) is 5.11 Å². The standard InChI is InChI=1S/C22H30N6OS/c1-13-9-14(2)27(26-13)19-24-25-20(30)28(19)23-12-15-10-16(21(3,4)5)18(29)17(11-15)22(6,7)8/h9-12,29H,1-8H3,(H,25,30)/b23-12+. The van der Waals surface area contributed by atoms with E-state index < -0.39 is 0 Å². The fourth-order valence-corrected chi connectivity index (χ4v) is 3.53. The molecule has 0 aliphatic heterocycles. The van der Waals surface area contributed by atoms with Crippen molar-refractivity contribution in [3.63, 3.8) is 0 Å². The van der Waals surface area contributed by atoms with Gasteiger partial charge in [0.05, 0.1) is 11.9 Å². The Hall–Kier alpha value is -2.74. The number of nitrogens with zero attached hydrogens (tertiary/aromatic N) is 5. The highest BCUT2D eigenvalue weighted by Crippen LogP contribution is 2.39. The van der Waals surface area contributed by atoms with Gasteiger partial charge in [0, 0.05) is 16.8 Å². The van der Waals surface area contributed by atoms with E-state index in [4.69, 9.17) is 12.2 Å². The monoisotopic (exact) mass is 426 g/mol. The molecule has 2 aromatic heterocycles. The summed E-state index contributed by atoms with van der Waals surface area (Å²) >= 11 is 5.38. The molecule has 160 valence electrons. The minimum Gasteiger partial charge on any atom is -0.507 e. The molecular formula is C22H30N6OS. The van der Waals surface area contributed by atoms with Crippen molar-refractivity contribution in [2.45, 2.75) is 66.2 Å². The number of nitrogens with one attached hydrogen (secondary N) is 1. The number of benzene rings is 1. The maximum atomic E-state index is 10.9. The lowest BCUT2D eigenvalue weighted by Crippen LogP contribution is -2.18. The number of aromatic hydroxyl groups is 1. The second-order valence-electron chi connectivity index (χ2n) is 9.69. The number of phenolic OH excluding ortho intramolecular Hbond substituents is 1. The molecule has 0 atom stereocenters. The molecule has 0 saturated heterocycles. The lowest BCUT2D eigenvalue weighted by Gasteiger charge is -2.27. The Morgan fingerprint density at radius 1 is 1.03 bits per heavy atom. The highest BCUT2D eigenvalue weighted by molar-refractivity contribution is 7.71. The van der Waals surface area contributed by atoms with E-state index >= 15 is 0 Å². The van der Waals surface area contributed by atoms with Crippen LogP contribution in [0.4, 0.5) is 0 Å². The minimum atomic E-state index is -0.214. The van der Waals surface area contributed by atoms with Gasteiger partial charge in [-0.05, 0) is 60.7 Å². The van der Waals surface area contributed by atoms with Crippen molar-refractivity contribution in [2.75, 3.05) is 0 Å². The molecule has 7 nitrogen and oxygen atoms in total. The molecule has 1 aromatic carbocycles. The molecule has 0 aliphatic carbocycles. The molecule has 0 saturated carbocycles. The van der Waals surface area contributed by atoms with Crippen LogP contribution in [0.5, 0.6) is 5.75 Å². The summed E-state index contributed by atoms with van der Waals surface area (Å²) in [5, 5.41) is 27.1. The number of aromatic amines is 1. The summed E-state index contributed by atoms with van der Waals surface area (Å²) in [5.74, 6) is 0.836. The average molecular weight is 427 g/mol. The van der Waals surface area contributed by atoms with Crippen LogP contribution in [0.25, 0.3) is 5.95 Å². The number of hydrogen-bond acceptors (Lipinski definition) is 5. The highest BCUT2D eigenvalue weighted by atomic mass is 32.1. The minimum absolute atomic E-state index is 0.214. The number of H-pyrrole nitrogens is 1. The third-order valence-corrected chi connectivity index (χ3v) is 5.17. The smallest absolute Gasteiger partial charge is 0.271 e. The Morgan fingerprint density at radius 2 is 1.60 bits per heavy atom. The molecule has 2 N–H and O–H groups in total. The van der Waals surface area contributed by atoms with Crippen molar-refractivity contribution in [3.05, 3.63) is 51.0 Å². The Balaban J connectivity index is 2.13. The SMILES string of the molecule is Cc1cc(C)n(-c2n[nH]c(=S)n2/N=C/c2cc(C(C)(C)C)c(O)c(C(C)(C)C)c2)n1. The first-order valence-corrected chi connectivity index (χ1v) is 10.3. The van der Waals surface area contributed by atoms with Gasteiger partial charge in [-0.2, -0.15) is 14.9 Å². The van der Waals surface area contributed by atoms with Crippen LogP contribution in [-0.2, 0) is 10.8 Å². The maximum absolute atomic E-state index is 10.9. The zero-order valence-corrected chi connectivity index (χ0v) is 19.7. The van der Waals surface area contributed by atoms with Crippen LogP contribution in [0.1, 0.15) is 69.6 Å². The number of rotatable bonds is 3. The predicted octanol–water partition coefficient (Wildman–Crippen LogP) is 4.93. The zero-order valence-electron chi connectivity index (χ0n) is 18.9. The van der Waals surface area contributed by atoms with Crippen molar-refractivity contribution >= 4 is 18.4 Å². The van der Waals surface area contributed by atoms with Crippen LogP contribution in [0.2, 0.25) is 0 Å². The molecule has 0 amide bonds. The van der Waals surface area contributed by atoms with Crippen molar-refractivity contribution in [1.29, 1.82) is 0 Å². The van der Waals surface area contributed by atoms with E-state index in [0.717, 1.165) is 28.1 Å². The molecule has 0 aliphatic rings. The molecular weight excluding hydrogens is 396 g/mol. The summed E-state index contributed by atoms with van der Waals surface area (Å²) in [6, 6.07) is 5.92. The number of hydrogen-bond donors (Lipinski definition) is 2. The number of phenols is 1. The lowest BCUT2D eigenvalue weighted by atomic mass is 9.78. The van der Waals surface area contributed by atoms with Gasteiger partial charge in [0.1, 0.15) is 5.75 Å².